The van der Waals surface area contributed by atoms with Crippen LogP contribution in [-0.4, -0.2) is 45.3 Å². The normalized spacial score (nSPS) is 12.8. The van der Waals surface area contributed by atoms with Gasteiger partial charge in [0.15, 0.2) is 0 Å². The number of carbonyl (C=O) groups excluding carboxylic acids is 2. The van der Waals surface area contributed by atoms with Gasteiger partial charge >= 0.3 is 6.03 Å². The van der Waals surface area contributed by atoms with Crippen LogP contribution >= 0.6 is 0 Å². The Bertz CT molecular complexity index is 916. The van der Waals surface area contributed by atoms with Gasteiger partial charge < -0.3 is 25.6 Å². The second-order valence-electron chi connectivity index (χ2n) is 8.01. The van der Waals surface area contributed by atoms with Gasteiger partial charge in [0.2, 0.25) is 0 Å². The van der Waals surface area contributed by atoms with E-state index in [4.69, 9.17) is 4.74 Å². The number of ether oxygens (including phenoxy) is 1. The van der Waals surface area contributed by atoms with E-state index in [0.717, 1.165) is 44.5 Å². The van der Waals surface area contributed by atoms with Crippen LogP contribution in [0.1, 0.15) is 47.7 Å². The molecule has 0 aliphatic carbocycles. The Hall–Kier alpha value is -3.06. The number of amides is 3. The Morgan fingerprint density at radius 2 is 1.81 bits per heavy atom. The highest BCUT2D eigenvalue weighted by molar-refractivity contribution is 6.02. The summed E-state index contributed by atoms with van der Waals surface area (Å²) in [4.78, 5) is 27.5. The molecule has 0 bridgehead atoms. The van der Waals surface area contributed by atoms with Gasteiger partial charge in [0, 0.05) is 51.3 Å². The molecule has 3 amide bonds. The van der Waals surface area contributed by atoms with Crippen molar-refractivity contribution in [2.45, 2.75) is 39.2 Å². The first-order valence-corrected chi connectivity index (χ1v) is 11.4. The second-order valence-corrected chi connectivity index (χ2v) is 8.01. The molecule has 7 heteroatoms. The molecule has 0 aromatic heterocycles. The third kappa shape index (κ3) is 6.47. The Labute approximate surface area is 190 Å². The van der Waals surface area contributed by atoms with E-state index in [1.807, 2.05) is 12.1 Å². The number of nitrogens with one attached hydrogen (secondary N) is 3. The molecule has 0 unspecified atom stereocenters. The van der Waals surface area contributed by atoms with Crippen LogP contribution in [0.5, 0.6) is 0 Å². The summed E-state index contributed by atoms with van der Waals surface area (Å²) < 4.78 is 5.07. The Morgan fingerprint density at radius 3 is 2.59 bits per heavy atom. The van der Waals surface area contributed by atoms with Crippen LogP contribution in [0.25, 0.3) is 0 Å². The maximum absolute atomic E-state index is 13.1. The lowest BCUT2D eigenvalue weighted by Crippen LogP contribution is -2.34. The lowest BCUT2D eigenvalue weighted by molar-refractivity contribution is 0.0949. The van der Waals surface area contributed by atoms with Crippen molar-refractivity contribution < 1.29 is 14.3 Å². The number of benzene rings is 2. The molecule has 0 spiro atoms. The van der Waals surface area contributed by atoms with Crippen molar-refractivity contribution in [2.75, 3.05) is 43.6 Å². The van der Waals surface area contributed by atoms with Crippen molar-refractivity contribution in [3.8, 4) is 0 Å². The highest BCUT2D eigenvalue weighted by Gasteiger charge is 2.22. The predicted molar refractivity (Wildman–Crippen MR) is 128 cm³/mol. The minimum atomic E-state index is -0.260. The molecule has 3 N–H and O–H groups in total. The first-order chi connectivity index (χ1) is 15.6. The maximum atomic E-state index is 13.1. The van der Waals surface area contributed by atoms with Gasteiger partial charge in [-0.15, -0.1) is 0 Å². The molecule has 2 aromatic carbocycles. The van der Waals surface area contributed by atoms with E-state index in [0.29, 0.717) is 30.9 Å². The molecule has 3 rings (SSSR count). The fraction of sp³-hybridized carbons (Fsp3) is 0.440. The van der Waals surface area contributed by atoms with E-state index in [-0.39, 0.29) is 11.9 Å². The van der Waals surface area contributed by atoms with Gasteiger partial charge in [0.25, 0.3) is 5.91 Å². The van der Waals surface area contributed by atoms with Crippen molar-refractivity contribution in [1.29, 1.82) is 0 Å². The van der Waals surface area contributed by atoms with Crippen LogP contribution in [-0.2, 0) is 17.7 Å². The number of urea groups is 1. The molecular weight excluding hydrogens is 404 g/mol. The summed E-state index contributed by atoms with van der Waals surface area (Å²) in [7, 11) is 1.65. The lowest BCUT2D eigenvalue weighted by Gasteiger charge is -2.32. The molecule has 1 aliphatic rings. The molecule has 0 atom stereocenters. The van der Waals surface area contributed by atoms with Crippen LogP contribution in [0.4, 0.5) is 16.2 Å². The van der Waals surface area contributed by atoms with Crippen molar-refractivity contribution >= 4 is 23.3 Å². The largest absolute Gasteiger partial charge is 0.385 e. The molecule has 0 fully saturated rings. The molecule has 0 saturated heterocycles. The van der Waals surface area contributed by atoms with Gasteiger partial charge in [-0.05, 0) is 48.6 Å². The predicted octanol–water partition coefficient (Wildman–Crippen LogP) is 3.94. The zero-order chi connectivity index (χ0) is 22.8. The zero-order valence-corrected chi connectivity index (χ0v) is 19.1. The van der Waals surface area contributed by atoms with Crippen LogP contribution < -0.4 is 20.9 Å². The number of carbonyl (C=O) groups is 2. The molecule has 172 valence electrons. The third-order valence-corrected chi connectivity index (χ3v) is 5.60. The van der Waals surface area contributed by atoms with Crippen molar-refractivity contribution in [1.82, 2.24) is 10.6 Å². The average molecular weight is 439 g/mol. The summed E-state index contributed by atoms with van der Waals surface area (Å²) in [6.45, 7) is 5.42. The Balaban J connectivity index is 1.78. The summed E-state index contributed by atoms with van der Waals surface area (Å²) in [6, 6.07) is 13.7. The van der Waals surface area contributed by atoms with Gasteiger partial charge in [0.1, 0.15) is 0 Å². The fourth-order valence-corrected chi connectivity index (χ4v) is 3.84. The lowest BCUT2D eigenvalue weighted by atomic mass is 9.98. The number of fused-ring (bicyclic) bond motifs is 1. The van der Waals surface area contributed by atoms with E-state index in [1.165, 1.54) is 11.1 Å². The van der Waals surface area contributed by atoms with Gasteiger partial charge in [-0.3, -0.25) is 4.79 Å². The second kappa shape index (κ2) is 12.1. The third-order valence-electron chi connectivity index (χ3n) is 5.60. The molecular formula is C25H34N4O3. The zero-order valence-electron chi connectivity index (χ0n) is 19.1. The van der Waals surface area contributed by atoms with Crippen molar-refractivity contribution in [3.05, 3.63) is 59.2 Å². The van der Waals surface area contributed by atoms with Crippen molar-refractivity contribution in [2.24, 2.45) is 0 Å². The summed E-state index contributed by atoms with van der Waals surface area (Å²) in [5, 5.41) is 8.67. The minimum Gasteiger partial charge on any atom is -0.385 e. The maximum Gasteiger partial charge on any atom is 0.319 e. The van der Waals surface area contributed by atoms with Gasteiger partial charge in [0.05, 0.1) is 5.56 Å². The van der Waals surface area contributed by atoms with Crippen molar-refractivity contribution in [3.63, 3.8) is 0 Å². The van der Waals surface area contributed by atoms with Gasteiger partial charge in [-0.2, -0.15) is 0 Å². The summed E-state index contributed by atoms with van der Waals surface area (Å²) in [5.74, 6) is -0.148. The van der Waals surface area contributed by atoms with Crippen LogP contribution in [0, 0.1) is 0 Å². The first-order valence-electron chi connectivity index (χ1n) is 11.4. The van der Waals surface area contributed by atoms with Gasteiger partial charge in [-0.25, -0.2) is 4.79 Å². The molecule has 1 aliphatic heterocycles. The molecule has 0 saturated carbocycles. The average Bonchev–Trinajstić information content (AvgIpc) is 2.81. The number of unbranched alkanes of at least 4 members (excludes halogenated alkanes) is 1. The minimum absolute atomic E-state index is 0.148. The topological polar surface area (TPSA) is 82.7 Å². The van der Waals surface area contributed by atoms with E-state index in [2.05, 4.69) is 52.0 Å². The van der Waals surface area contributed by atoms with E-state index < -0.39 is 0 Å². The van der Waals surface area contributed by atoms with E-state index in [9.17, 15) is 9.59 Å². The molecule has 7 nitrogen and oxygen atoms in total. The fourth-order valence-electron chi connectivity index (χ4n) is 3.84. The number of methoxy groups -OCH3 is 1. The molecule has 32 heavy (non-hydrogen) atoms. The van der Waals surface area contributed by atoms with Gasteiger partial charge in [-0.1, -0.05) is 37.6 Å². The number of rotatable bonds is 10. The molecule has 0 radical (unpaired) electrons. The quantitative estimate of drug-likeness (QED) is 0.491. The molecule has 2 aromatic rings. The summed E-state index contributed by atoms with van der Waals surface area (Å²) >= 11 is 0. The number of hydrogen-bond donors (Lipinski definition) is 3. The Morgan fingerprint density at radius 1 is 1.03 bits per heavy atom. The van der Waals surface area contributed by atoms with E-state index in [1.54, 1.807) is 13.2 Å². The van der Waals surface area contributed by atoms with Crippen LogP contribution in [0.15, 0.2) is 42.5 Å². The summed E-state index contributed by atoms with van der Waals surface area (Å²) in [5.41, 5.74) is 4.68. The Kier molecular flexibility index (Phi) is 8.92. The highest BCUT2D eigenvalue weighted by Crippen LogP contribution is 2.29. The van der Waals surface area contributed by atoms with Crippen LogP contribution in [0.3, 0.4) is 0 Å². The number of nitrogens with zero attached hydrogens (tertiary/aromatic N) is 1. The van der Waals surface area contributed by atoms with E-state index >= 15 is 0 Å². The standard InChI is InChI=1S/C25H34N4O3/c1-3-4-13-27-25(31)28-21-10-11-23(22(17-21)24(30)26-14-7-16-32-2)29-15-12-19-8-5-6-9-20(19)18-29/h5-6,8-11,17H,3-4,7,12-16,18H2,1-2H3,(H,26,30)(H2,27,28,31). The summed E-state index contributed by atoms with van der Waals surface area (Å²) in [6.07, 6.45) is 3.62. The van der Waals surface area contributed by atoms with Crippen LogP contribution in [0.2, 0.25) is 0 Å². The number of hydrogen-bond acceptors (Lipinski definition) is 4. The smallest absolute Gasteiger partial charge is 0.319 e. The monoisotopic (exact) mass is 438 g/mol. The SMILES string of the molecule is CCCCNC(=O)Nc1ccc(N2CCc3ccccc3C2)c(C(=O)NCCCOC)c1. The molecule has 1 heterocycles. The highest BCUT2D eigenvalue weighted by atomic mass is 16.5. The first kappa shape index (κ1) is 23.6. The number of anilines is 2.